The number of aromatic hydroxyl groups is 1. The summed E-state index contributed by atoms with van der Waals surface area (Å²) in [6.45, 7) is 4.34. The number of rotatable bonds is 15. The van der Waals surface area contributed by atoms with Crippen molar-refractivity contribution in [3.63, 3.8) is 0 Å². The highest BCUT2D eigenvalue weighted by Gasteiger charge is 2.26. The minimum absolute atomic E-state index is 0.0110. The standard InChI is InChI=1S/C19H21NO6.C12H15NO6/c1-3-25-18(19(21)24-2)11-15-9-10-16(12-17(15)20(22)23)26-13-14-7-5-4-6-8-14;1-3-19-11(12(15)18-2)6-8-4-5-9(14)7-10(8)13(16)17/h4-10,12,18H,3,11,13H2,1-2H3;4-5,7,11,14H,3,6H2,1-2H3. The highest BCUT2D eigenvalue weighted by atomic mass is 16.6. The maximum absolute atomic E-state index is 11.8. The van der Waals surface area contributed by atoms with Crippen molar-refractivity contribution >= 4 is 23.3 Å². The number of ether oxygens (including phenoxy) is 5. The lowest BCUT2D eigenvalue weighted by Gasteiger charge is -2.15. The molecule has 0 fully saturated rings. The second-order valence-corrected chi connectivity index (χ2v) is 9.23. The van der Waals surface area contributed by atoms with Crippen LogP contribution < -0.4 is 4.74 Å². The Morgan fingerprint density at radius 2 is 1.24 bits per heavy atom. The Morgan fingerprint density at radius 3 is 1.71 bits per heavy atom. The summed E-state index contributed by atoms with van der Waals surface area (Å²) >= 11 is 0. The Labute approximate surface area is 259 Å². The van der Waals surface area contributed by atoms with Crippen molar-refractivity contribution in [3.8, 4) is 11.5 Å². The zero-order chi connectivity index (χ0) is 33.4. The Balaban J connectivity index is 0.000000330. The van der Waals surface area contributed by atoms with Crippen LogP contribution in [0.15, 0.2) is 66.7 Å². The molecule has 0 amide bonds. The SMILES string of the molecule is CCOC(Cc1ccc(O)cc1[N+](=O)[O-])C(=O)OC.CCOC(Cc1ccc(OCc2ccccc2)cc1[N+](=O)[O-])C(=O)OC. The molecule has 14 heteroatoms. The molecule has 2 atom stereocenters. The minimum atomic E-state index is -0.904. The van der Waals surface area contributed by atoms with Crippen LogP contribution in [0.25, 0.3) is 0 Å². The van der Waals surface area contributed by atoms with Gasteiger partial charge in [0.25, 0.3) is 11.4 Å². The molecule has 2 unspecified atom stereocenters. The Bertz CT molecular complexity index is 1430. The molecule has 242 valence electrons. The van der Waals surface area contributed by atoms with Crippen molar-refractivity contribution < 1.29 is 48.2 Å². The Kier molecular flexibility index (Phi) is 14.9. The summed E-state index contributed by atoms with van der Waals surface area (Å²) < 4.78 is 25.4. The van der Waals surface area contributed by atoms with Crippen LogP contribution in [0.3, 0.4) is 0 Å². The summed E-state index contributed by atoms with van der Waals surface area (Å²) in [6.07, 6.45) is -1.73. The third-order valence-corrected chi connectivity index (χ3v) is 6.24. The minimum Gasteiger partial charge on any atom is -0.508 e. The number of phenols is 1. The maximum Gasteiger partial charge on any atom is 0.335 e. The van der Waals surface area contributed by atoms with E-state index in [4.69, 9.17) is 18.9 Å². The summed E-state index contributed by atoms with van der Waals surface area (Å²) in [5.41, 5.74) is 1.26. The van der Waals surface area contributed by atoms with Gasteiger partial charge >= 0.3 is 11.9 Å². The Morgan fingerprint density at radius 1 is 0.756 bits per heavy atom. The summed E-state index contributed by atoms with van der Waals surface area (Å²) in [7, 11) is 2.48. The van der Waals surface area contributed by atoms with Crippen LogP contribution >= 0.6 is 0 Å². The molecule has 0 aliphatic heterocycles. The average molecular weight is 629 g/mol. The summed E-state index contributed by atoms with van der Waals surface area (Å²) in [5, 5.41) is 31.6. The van der Waals surface area contributed by atoms with E-state index in [1.807, 2.05) is 30.3 Å². The smallest absolute Gasteiger partial charge is 0.335 e. The van der Waals surface area contributed by atoms with E-state index >= 15 is 0 Å². The third-order valence-electron chi connectivity index (χ3n) is 6.24. The molecule has 3 rings (SSSR count). The molecule has 1 N–H and O–H groups in total. The van der Waals surface area contributed by atoms with Crippen molar-refractivity contribution in [2.75, 3.05) is 27.4 Å². The van der Waals surface area contributed by atoms with E-state index in [0.29, 0.717) is 30.1 Å². The van der Waals surface area contributed by atoms with E-state index in [9.17, 15) is 34.9 Å². The van der Waals surface area contributed by atoms with Crippen LogP contribution in [0.2, 0.25) is 0 Å². The van der Waals surface area contributed by atoms with Crippen LogP contribution in [-0.4, -0.2) is 66.5 Å². The summed E-state index contributed by atoms with van der Waals surface area (Å²) in [5.74, 6) is -0.980. The van der Waals surface area contributed by atoms with E-state index in [0.717, 1.165) is 11.6 Å². The molecule has 3 aromatic carbocycles. The summed E-state index contributed by atoms with van der Waals surface area (Å²) in [6, 6.07) is 17.8. The number of nitro groups is 2. The molecule has 0 bridgehead atoms. The molecule has 0 radical (unpaired) electrons. The van der Waals surface area contributed by atoms with E-state index in [1.165, 1.54) is 32.4 Å². The number of carbonyl (C=O) groups excluding carboxylic acids is 2. The largest absolute Gasteiger partial charge is 0.508 e. The van der Waals surface area contributed by atoms with Gasteiger partial charge in [0.2, 0.25) is 0 Å². The van der Waals surface area contributed by atoms with Gasteiger partial charge in [0, 0.05) is 37.2 Å². The van der Waals surface area contributed by atoms with Crippen LogP contribution in [0, 0.1) is 20.2 Å². The van der Waals surface area contributed by atoms with Gasteiger partial charge < -0.3 is 28.8 Å². The number of hydrogen-bond acceptors (Lipinski definition) is 12. The molecule has 0 aromatic heterocycles. The van der Waals surface area contributed by atoms with Crippen molar-refractivity contribution in [3.05, 3.63) is 104 Å². The van der Waals surface area contributed by atoms with E-state index in [2.05, 4.69) is 4.74 Å². The van der Waals surface area contributed by atoms with E-state index < -0.39 is 34.0 Å². The monoisotopic (exact) mass is 628 g/mol. The van der Waals surface area contributed by atoms with Gasteiger partial charge in [0.15, 0.2) is 12.2 Å². The topological polar surface area (TPSA) is 187 Å². The first kappa shape index (κ1) is 36.1. The quantitative estimate of drug-likeness (QED) is 0.139. The van der Waals surface area contributed by atoms with Crippen LogP contribution in [-0.2, 0) is 48.0 Å². The normalized spacial score (nSPS) is 11.7. The number of benzene rings is 3. The summed E-state index contributed by atoms with van der Waals surface area (Å²) in [4.78, 5) is 44.5. The van der Waals surface area contributed by atoms with Crippen LogP contribution in [0.1, 0.15) is 30.5 Å². The molecule has 0 aliphatic rings. The molecular weight excluding hydrogens is 592 g/mol. The van der Waals surface area contributed by atoms with Crippen molar-refractivity contribution in [2.45, 2.75) is 45.5 Å². The molecule has 3 aromatic rings. The van der Waals surface area contributed by atoms with Gasteiger partial charge in [-0.05, 0) is 43.7 Å². The van der Waals surface area contributed by atoms with E-state index in [1.54, 1.807) is 26.0 Å². The van der Waals surface area contributed by atoms with E-state index in [-0.39, 0.29) is 36.6 Å². The fourth-order valence-electron chi connectivity index (χ4n) is 4.10. The van der Waals surface area contributed by atoms with Gasteiger partial charge in [-0.3, -0.25) is 20.2 Å². The fourth-order valence-corrected chi connectivity index (χ4v) is 4.10. The van der Waals surface area contributed by atoms with Gasteiger partial charge in [0.1, 0.15) is 18.1 Å². The number of methoxy groups -OCH3 is 2. The average Bonchev–Trinajstić information content (AvgIpc) is 3.04. The molecule has 0 saturated carbocycles. The van der Waals surface area contributed by atoms with Gasteiger partial charge in [-0.15, -0.1) is 0 Å². The lowest BCUT2D eigenvalue weighted by Crippen LogP contribution is -2.28. The van der Waals surface area contributed by atoms with Crippen molar-refractivity contribution in [2.24, 2.45) is 0 Å². The van der Waals surface area contributed by atoms with Gasteiger partial charge in [-0.25, -0.2) is 9.59 Å². The molecule has 0 heterocycles. The first-order chi connectivity index (χ1) is 21.5. The van der Waals surface area contributed by atoms with Gasteiger partial charge in [0.05, 0.1) is 36.2 Å². The first-order valence-electron chi connectivity index (χ1n) is 13.8. The second-order valence-electron chi connectivity index (χ2n) is 9.23. The molecular formula is C31H36N2O12. The fraction of sp³-hybridized carbons (Fsp3) is 0.355. The molecule has 0 aliphatic carbocycles. The zero-order valence-electron chi connectivity index (χ0n) is 25.4. The van der Waals surface area contributed by atoms with Crippen LogP contribution in [0.4, 0.5) is 11.4 Å². The predicted octanol–water partition coefficient (Wildman–Crippen LogP) is 4.72. The lowest BCUT2D eigenvalue weighted by atomic mass is 10.1. The number of carbonyl (C=O) groups is 2. The van der Waals surface area contributed by atoms with Crippen molar-refractivity contribution in [1.29, 1.82) is 0 Å². The number of nitro benzene ring substituents is 2. The molecule has 0 spiro atoms. The zero-order valence-corrected chi connectivity index (χ0v) is 25.4. The molecule has 45 heavy (non-hydrogen) atoms. The number of phenolic OH excluding ortho intramolecular Hbond substituents is 1. The maximum atomic E-state index is 11.8. The van der Waals surface area contributed by atoms with Crippen LogP contribution in [0.5, 0.6) is 11.5 Å². The highest BCUT2D eigenvalue weighted by molar-refractivity contribution is 5.75. The number of esters is 2. The van der Waals surface area contributed by atoms with Gasteiger partial charge in [-0.2, -0.15) is 0 Å². The third kappa shape index (κ3) is 11.5. The molecule has 0 saturated heterocycles. The lowest BCUT2D eigenvalue weighted by molar-refractivity contribution is -0.385. The first-order valence-corrected chi connectivity index (χ1v) is 13.8. The number of hydrogen-bond donors (Lipinski definition) is 1. The van der Waals surface area contributed by atoms with Gasteiger partial charge in [-0.1, -0.05) is 30.3 Å². The second kappa shape index (κ2) is 18.6. The predicted molar refractivity (Wildman–Crippen MR) is 161 cm³/mol. The highest BCUT2D eigenvalue weighted by Crippen LogP contribution is 2.28. The number of nitrogens with zero attached hydrogens (tertiary/aromatic N) is 2. The molecule has 14 nitrogen and oxygen atoms in total. The van der Waals surface area contributed by atoms with Crippen molar-refractivity contribution in [1.82, 2.24) is 0 Å². The Hall–Kier alpha value is -5.08.